The zero-order valence-electron chi connectivity index (χ0n) is 10.8. The van der Waals surface area contributed by atoms with Crippen LogP contribution >= 0.6 is 0 Å². The topological polar surface area (TPSA) is 41.1 Å². The van der Waals surface area contributed by atoms with Crippen LogP contribution in [0.25, 0.3) is 0 Å². The van der Waals surface area contributed by atoms with E-state index in [-0.39, 0.29) is 0 Å². The summed E-state index contributed by atoms with van der Waals surface area (Å²) in [7, 11) is 0. The van der Waals surface area contributed by atoms with Gasteiger partial charge in [0.2, 0.25) is 0 Å². The number of hydrogen-bond acceptors (Lipinski definition) is 4. The molecule has 4 heteroatoms. The van der Waals surface area contributed by atoms with Crippen LogP contribution < -0.4 is 5.32 Å². The van der Waals surface area contributed by atoms with Crippen molar-refractivity contribution in [1.82, 2.24) is 20.2 Å². The molecule has 94 valence electrons. The normalized spacial score (nSPS) is 19.2. The zero-order valence-corrected chi connectivity index (χ0v) is 10.8. The predicted molar refractivity (Wildman–Crippen MR) is 68.9 cm³/mol. The highest BCUT2D eigenvalue weighted by molar-refractivity contribution is 5.05. The third kappa shape index (κ3) is 3.23. The van der Waals surface area contributed by atoms with Crippen molar-refractivity contribution in [2.75, 3.05) is 26.2 Å². The molecular weight excluding hydrogens is 212 g/mol. The Kier molecular flexibility index (Phi) is 4.45. The highest BCUT2D eigenvalue weighted by Crippen LogP contribution is 2.22. The average Bonchev–Trinajstić information content (AvgIpc) is 2.38. The zero-order chi connectivity index (χ0) is 12.1. The van der Waals surface area contributed by atoms with Gasteiger partial charge in [-0.15, -0.1) is 0 Å². The molecule has 0 aromatic carbocycles. The Labute approximate surface area is 103 Å². The predicted octanol–water partition coefficient (Wildman–Crippen LogP) is 1.53. The highest BCUT2D eigenvalue weighted by atomic mass is 15.2. The van der Waals surface area contributed by atoms with Gasteiger partial charge >= 0.3 is 0 Å². The molecule has 0 aliphatic carbocycles. The van der Waals surface area contributed by atoms with E-state index in [1.807, 2.05) is 19.3 Å². The first kappa shape index (κ1) is 12.5. The second-order valence-corrected chi connectivity index (χ2v) is 4.71. The molecule has 1 fully saturated rings. The van der Waals surface area contributed by atoms with Gasteiger partial charge in [0.1, 0.15) is 5.82 Å². The van der Waals surface area contributed by atoms with Crippen LogP contribution in [0.2, 0.25) is 0 Å². The van der Waals surface area contributed by atoms with Gasteiger partial charge in [0.05, 0.1) is 6.04 Å². The number of hydrogen-bond donors (Lipinski definition) is 1. The smallest absolute Gasteiger partial charge is 0.145 e. The lowest BCUT2D eigenvalue weighted by molar-refractivity contribution is 0.158. The SMILES string of the molecule is CCCC(c1ncc(C)cn1)N1CCNCC1. The van der Waals surface area contributed by atoms with Crippen molar-refractivity contribution < 1.29 is 0 Å². The van der Waals surface area contributed by atoms with Crippen molar-refractivity contribution in [3.8, 4) is 0 Å². The van der Waals surface area contributed by atoms with Gasteiger partial charge in [-0.2, -0.15) is 0 Å². The molecule has 0 radical (unpaired) electrons. The molecule has 1 aliphatic rings. The van der Waals surface area contributed by atoms with Gasteiger partial charge in [0.25, 0.3) is 0 Å². The summed E-state index contributed by atoms with van der Waals surface area (Å²) in [6.07, 6.45) is 6.16. The Hall–Kier alpha value is -1.00. The standard InChI is InChI=1S/C13H22N4/c1-3-4-12(17-7-5-14-6-8-17)13-15-9-11(2)10-16-13/h9-10,12,14H,3-8H2,1-2H3. The molecule has 0 bridgehead atoms. The molecule has 0 saturated carbocycles. The van der Waals surface area contributed by atoms with Crippen LogP contribution in [0, 0.1) is 6.92 Å². The summed E-state index contributed by atoms with van der Waals surface area (Å²) in [4.78, 5) is 11.5. The Bertz CT molecular complexity index is 330. The second-order valence-electron chi connectivity index (χ2n) is 4.71. The Morgan fingerprint density at radius 1 is 1.29 bits per heavy atom. The molecule has 2 rings (SSSR count). The van der Waals surface area contributed by atoms with Crippen LogP contribution in [0.1, 0.15) is 37.2 Å². The van der Waals surface area contributed by atoms with Crippen molar-refractivity contribution in [3.05, 3.63) is 23.8 Å². The highest BCUT2D eigenvalue weighted by Gasteiger charge is 2.23. The van der Waals surface area contributed by atoms with Crippen LogP contribution in [0.5, 0.6) is 0 Å². The maximum atomic E-state index is 4.50. The first-order valence-electron chi connectivity index (χ1n) is 6.54. The monoisotopic (exact) mass is 234 g/mol. The van der Waals surface area contributed by atoms with Crippen LogP contribution in [-0.2, 0) is 0 Å². The van der Waals surface area contributed by atoms with Crippen LogP contribution in [0.4, 0.5) is 0 Å². The van der Waals surface area contributed by atoms with Gasteiger partial charge in [0, 0.05) is 38.6 Å². The molecular formula is C13H22N4. The molecule has 17 heavy (non-hydrogen) atoms. The number of nitrogens with one attached hydrogen (secondary N) is 1. The largest absolute Gasteiger partial charge is 0.314 e. The number of aryl methyl sites for hydroxylation is 1. The van der Waals surface area contributed by atoms with Gasteiger partial charge in [-0.05, 0) is 18.9 Å². The lowest BCUT2D eigenvalue weighted by Crippen LogP contribution is -2.45. The Morgan fingerprint density at radius 2 is 1.94 bits per heavy atom. The lowest BCUT2D eigenvalue weighted by atomic mass is 10.1. The third-order valence-electron chi connectivity index (χ3n) is 3.25. The van der Waals surface area contributed by atoms with Crippen LogP contribution in [0.15, 0.2) is 12.4 Å². The molecule has 1 aromatic rings. The number of nitrogens with zero attached hydrogens (tertiary/aromatic N) is 3. The van der Waals surface area contributed by atoms with Crippen molar-refractivity contribution in [1.29, 1.82) is 0 Å². The molecule has 1 aliphatic heterocycles. The molecule has 2 heterocycles. The quantitative estimate of drug-likeness (QED) is 0.858. The maximum Gasteiger partial charge on any atom is 0.145 e. The van der Waals surface area contributed by atoms with E-state index in [1.165, 1.54) is 6.42 Å². The fourth-order valence-corrected chi connectivity index (χ4v) is 2.32. The molecule has 4 nitrogen and oxygen atoms in total. The third-order valence-corrected chi connectivity index (χ3v) is 3.25. The van der Waals surface area contributed by atoms with Crippen molar-refractivity contribution in [2.24, 2.45) is 0 Å². The molecule has 1 N–H and O–H groups in total. The van der Waals surface area contributed by atoms with E-state index in [4.69, 9.17) is 0 Å². The first-order valence-corrected chi connectivity index (χ1v) is 6.54. The van der Waals surface area contributed by atoms with Crippen LogP contribution in [0.3, 0.4) is 0 Å². The van der Waals surface area contributed by atoms with E-state index in [2.05, 4.69) is 27.1 Å². The molecule has 1 aromatic heterocycles. The minimum atomic E-state index is 0.391. The number of piperazine rings is 1. The summed E-state index contributed by atoms with van der Waals surface area (Å²) >= 11 is 0. The summed E-state index contributed by atoms with van der Waals surface area (Å²) < 4.78 is 0. The van der Waals surface area contributed by atoms with E-state index in [0.29, 0.717) is 6.04 Å². The van der Waals surface area contributed by atoms with E-state index in [1.54, 1.807) is 0 Å². The average molecular weight is 234 g/mol. The fourth-order valence-electron chi connectivity index (χ4n) is 2.32. The van der Waals surface area contributed by atoms with E-state index < -0.39 is 0 Å². The van der Waals surface area contributed by atoms with Crippen molar-refractivity contribution in [3.63, 3.8) is 0 Å². The van der Waals surface area contributed by atoms with Crippen molar-refractivity contribution in [2.45, 2.75) is 32.7 Å². The van der Waals surface area contributed by atoms with Gasteiger partial charge in [0.15, 0.2) is 0 Å². The summed E-state index contributed by atoms with van der Waals surface area (Å²) in [5.41, 5.74) is 1.13. The van der Waals surface area contributed by atoms with Gasteiger partial charge < -0.3 is 5.32 Å². The fraction of sp³-hybridized carbons (Fsp3) is 0.692. The van der Waals surface area contributed by atoms with Crippen molar-refractivity contribution >= 4 is 0 Å². The summed E-state index contributed by atoms with van der Waals surface area (Å²) in [6.45, 7) is 8.61. The Morgan fingerprint density at radius 3 is 2.53 bits per heavy atom. The molecule has 0 amide bonds. The number of rotatable bonds is 4. The second kappa shape index (κ2) is 6.07. The van der Waals surface area contributed by atoms with E-state index >= 15 is 0 Å². The molecule has 1 saturated heterocycles. The summed E-state index contributed by atoms with van der Waals surface area (Å²) in [5.74, 6) is 0.986. The van der Waals surface area contributed by atoms with Gasteiger partial charge in [-0.3, -0.25) is 4.90 Å². The lowest BCUT2D eigenvalue weighted by Gasteiger charge is -2.33. The summed E-state index contributed by atoms with van der Waals surface area (Å²) in [5, 5.41) is 3.39. The first-order chi connectivity index (χ1) is 8.31. The minimum absolute atomic E-state index is 0.391. The minimum Gasteiger partial charge on any atom is -0.314 e. The maximum absolute atomic E-state index is 4.50. The van der Waals surface area contributed by atoms with Gasteiger partial charge in [-0.1, -0.05) is 13.3 Å². The Balaban J connectivity index is 2.12. The summed E-state index contributed by atoms with van der Waals surface area (Å²) in [6, 6.07) is 0.391. The molecule has 1 unspecified atom stereocenters. The van der Waals surface area contributed by atoms with Gasteiger partial charge in [-0.25, -0.2) is 9.97 Å². The molecule has 1 atom stereocenters. The van der Waals surface area contributed by atoms with E-state index in [0.717, 1.165) is 44.0 Å². The molecule has 0 spiro atoms. The number of aromatic nitrogens is 2. The van der Waals surface area contributed by atoms with E-state index in [9.17, 15) is 0 Å². The van der Waals surface area contributed by atoms with Crippen LogP contribution in [-0.4, -0.2) is 41.0 Å².